The van der Waals surface area contributed by atoms with Crippen molar-refractivity contribution in [2.24, 2.45) is 0 Å². The number of rotatable bonds is 18. The fourth-order valence-corrected chi connectivity index (χ4v) is 7.71. The van der Waals surface area contributed by atoms with Crippen LogP contribution in [0.15, 0.2) is 103 Å². The van der Waals surface area contributed by atoms with Gasteiger partial charge in [-0.25, -0.2) is 4.79 Å². The number of benzene rings is 4. The molecule has 0 heterocycles. The van der Waals surface area contributed by atoms with E-state index in [9.17, 15) is 14.9 Å². The van der Waals surface area contributed by atoms with Crippen molar-refractivity contribution in [1.82, 2.24) is 5.32 Å². The van der Waals surface area contributed by atoms with Crippen molar-refractivity contribution in [2.45, 2.75) is 39.8 Å². The summed E-state index contributed by atoms with van der Waals surface area (Å²) in [6.45, 7) is 7.88. The van der Waals surface area contributed by atoms with Crippen molar-refractivity contribution >= 4 is 49.8 Å². The Morgan fingerprint density at radius 3 is 1.77 bits per heavy atom. The molecule has 0 aliphatic rings. The van der Waals surface area contributed by atoms with Crippen LogP contribution in [0.2, 0.25) is 6.04 Å². The van der Waals surface area contributed by atoms with Crippen LogP contribution in [0.4, 0.5) is 27.5 Å². The normalized spacial score (nSPS) is 11.4. The number of nitrogens with one attached hydrogen (secondary N) is 1. The molecule has 0 saturated heterocycles. The maximum Gasteiger partial charge on any atom is 0.500 e. The van der Waals surface area contributed by atoms with Gasteiger partial charge in [0.15, 0.2) is 0 Å². The summed E-state index contributed by atoms with van der Waals surface area (Å²) in [4.78, 5) is 25.1. The first-order valence-corrected chi connectivity index (χ1v) is 18.1. The molecule has 0 aliphatic carbocycles. The number of nitro groups is 1. The molecule has 0 saturated carbocycles. The van der Waals surface area contributed by atoms with Gasteiger partial charge >= 0.3 is 14.9 Å². The molecule has 0 spiro atoms. The summed E-state index contributed by atoms with van der Waals surface area (Å²) in [5.74, 6) is 0. The van der Waals surface area contributed by atoms with E-state index in [-0.39, 0.29) is 12.3 Å². The maximum absolute atomic E-state index is 12.4. The average molecular weight is 670 g/mol. The lowest BCUT2D eigenvalue weighted by atomic mass is 10.1. The van der Waals surface area contributed by atoms with E-state index < -0.39 is 19.8 Å². The molecule has 252 valence electrons. The van der Waals surface area contributed by atoms with E-state index >= 15 is 0 Å². The molecule has 1 N–H and O–H groups in total. The van der Waals surface area contributed by atoms with Gasteiger partial charge < -0.3 is 28.2 Å². The van der Waals surface area contributed by atoms with Gasteiger partial charge in [-0.1, -0.05) is 54.6 Å². The van der Waals surface area contributed by atoms with Crippen LogP contribution < -0.4 is 10.2 Å². The molecule has 0 aromatic heterocycles. The second-order valence-corrected chi connectivity index (χ2v) is 13.4. The van der Waals surface area contributed by atoms with Crippen LogP contribution in [-0.2, 0) is 24.6 Å². The number of nitro benzene ring substituents is 1. The van der Waals surface area contributed by atoms with Gasteiger partial charge in [0.05, 0.1) is 4.92 Å². The van der Waals surface area contributed by atoms with E-state index in [0.29, 0.717) is 38.8 Å². The number of carbonyl (C=O) groups excluding carboxylic acids is 1. The Morgan fingerprint density at radius 2 is 1.25 bits per heavy atom. The van der Waals surface area contributed by atoms with Gasteiger partial charge in [0.2, 0.25) is 0 Å². The van der Waals surface area contributed by atoms with Crippen LogP contribution in [0.3, 0.4) is 0 Å². The van der Waals surface area contributed by atoms with E-state index in [1.54, 1.807) is 12.1 Å². The fourth-order valence-electron chi connectivity index (χ4n) is 5.10. The standard InChI is InChI=1S/C37H43N3O7Si/c1-4-45-48(46-5-2,47-6-3)28-10-27-38-37(41)44-29-32-19-23-35(24-20-32)39(33-11-8-7-9-12-33)34-21-15-30(16-22-34)13-14-31-17-25-36(26-18-31)40(42)43/h7-9,11-26H,4-6,10,27-29H2,1-3H3,(H,38,41)/b14-13+. The zero-order chi connectivity index (χ0) is 34.2. The molecule has 0 fully saturated rings. The Morgan fingerprint density at radius 1 is 0.750 bits per heavy atom. The third-order valence-electron chi connectivity index (χ3n) is 7.32. The fraction of sp³-hybridized carbons (Fsp3) is 0.270. The van der Waals surface area contributed by atoms with E-state index in [1.165, 1.54) is 12.1 Å². The van der Waals surface area contributed by atoms with Crippen LogP contribution >= 0.6 is 0 Å². The number of para-hydroxylation sites is 1. The van der Waals surface area contributed by atoms with Gasteiger partial charge in [-0.3, -0.25) is 10.1 Å². The van der Waals surface area contributed by atoms with Crippen LogP contribution in [0.25, 0.3) is 12.2 Å². The van der Waals surface area contributed by atoms with Crippen molar-refractivity contribution in [2.75, 3.05) is 31.3 Å². The molecule has 0 atom stereocenters. The molecule has 11 heteroatoms. The smallest absolute Gasteiger partial charge is 0.445 e. The van der Waals surface area contributed by atoms with Gasteiger partial charge in [0.1, 0.15) is 6.61 Å². The van der Waals surface area contributed by atoms with Gasteiger partial charge in [0, 0.05) is 61.6 Å². The second kappa shape index (κ2) is 18.5. The van der Waals surface area contributed by atoms with Gasteiger partial charge in [0.25, 0.3) is 5.69 Å². The Hall–Kier alpha value is -4.81. The number of ether oxygens (including phenoxy) is 1. The molecular weight excluding hydrogens is 627 g/mol. The van der Waals surface area contributed by atoms with Crippen molar-refractivity contribution in [3.05, 3.63) is 130 Å². The highest BCUT2D eigenvalue weighted by Crippen LogP contribution is 2.34. The highest BCUT2D eigenvalue weighted by Gasteiger charge is 2.39. The summed E-state index contributed by atoms with van der Waals surface area (Å²) < 4.78 is 23.1. The number of carbonyl (C=O) groups is 1. The van der Waals surface area contributed by atoms with Crippen LogP contribution in [0.1, 0.15) is 43.9 Å². The highest BCUT2D eigenvalue weighted by molar-refractivity contribution is 6.60. The van der Waals surface area contributed by atoms with Crippen molar-refractivity contribution in [3.8, 4) is 0 Å². The Bertz CT molecular complexity index is 1580. The maximum atomic E-state index is 12.4. The number of anilines is 3. The topological polar surface area (TPSA) is 112 Å². The Kier molecular flexibility index (Phi) is 13.9. The zero-order valence-corrected chi connectivity index (χ0v) is 28.7. The first-order chi connectivity index (χ1) is 23.4. The molecule has 0 unspecified atom stereocenters. The molecule has 4 aromatic carbocycles. The Labute approximate surface area is 283 Å². The minimum atomic E-state index is -2.74. The summed E-state index contributed by atoms with van der Waals surface area (Å²) in [5.41, 5.74) is 5.73. The number of non-ortho nitro benzene ring substituents is 1. The lowest BCUT2D eigenvalue weighted by molar-refractivity contribution is -0.384. The van der Waals surface area contributed by atoms with E-state index in [4.69, 9.17) is 18.0 Å². The number of hydrogen-bond acceptors (Lipinski definition) is 8. The lowest BCUT2D eigenvalue weighted by Gasteiger charge is -2.28. The van der Waals surface area contributed by atoms with Crippen molar-refractivity contribution in [1.29, 1.82) is 0 Å². The molecule has 10 nitrogen and oxygen atoms in total. The van der Waals surface area contributed by atoms with E-state index in [2.05, 4.69) is 10.2 Å². The second-order valence-electron chi connectivity index (χ2n) is 10.7. The number of nitrogens with zero attached hydrogens (tertiary/aromatic N) is 2. The van der Waals surface area contributed by atoms with Crippen molar-refractivity contribution in [3.63, 3.8) is 0 Å². The Balaban J connectivity index is 1.35. The number of alkyl carbamates (subject to hydrolysis) is 1. The highest BCUT2D eigenvalue weighted by atomic mass is 28.4. The van der Waals surface area contributed by atoms with Gasteiger partial charge in [-0.2, -0.15) is 0 Å². The van der Waals surface area contributed by atoms with Gasteiger partial charge in [-0.05, 0) is 92.4 Å². The van der Waals surface area contributed by atoms with Crippen LogP contribution in [0, 0.1) is 10.1 Å². The van der Waals surface area contributed by atoms with Gasteiger partial charge in [-0.15, -0.1) is 0 Å². The summed E-state index contributed by atoms with van der Waals surface area (Å²) in [6.07, 6.45) is 4.07. The monoisotopic (exact) mass is 669 g/mol. The first-order valence-electron chi connectivity index (χ1n) is 16.2. The van der Waals surface area contributed by atoms with E-state index in [1.807, 2.05) is 112 Å². The van der Waals surface area contributed by atoms with Crippen LogP contribution in [-0.4, -0.2) is 46.2 Å². The molecular formula is C37H43N3O7Si. The summed E-state index contributed by atoms with van der Waals surface area (Å²) in [7, 11) is -2.74. The first kappa shape index (κ1) is 36.0. The van der Waals surface area contributed by atoms with E-state index in [0.717, 1.165) is 33.8 Å². The lowest BCUT2D eigenvalue weighted by Crippen LogP contribution is -2.46. The molecule has 0 bridgehead atoms. The summed E-state index contributed by atoms with van der Waals surface area (Å²) in [5, 5.41) is 13.7. The predicted octanol–water partition coefficient (Wildman–Crippen LogP) is 8.90. The van der Waals surface area contributed by atoms with Crippen LogP contribution in [0.5, 0.6) is 0 Å². The minimum absolute atomic E-state index is 0.0672. The third-order valence-corrected chi connectivity index (χ3v) is 10.5. The number of hydrogen-bond donors (Lipinski definition) is 1. The SMILES string of the molecule is CCO[Si](CCCNC(=O)OCc1ccc(N(c2ccccc2)c2ccc(/C=C/c3ccc([N+](=O)[O-])cc3)cc2)cc1)(OCC)OCC. The summed E-state index contributed by atoms with van der Waals surface area (Å²) in [6, 6.07) is 33.2. The molecule has 1 amide bonds. The molecule has 48 heavy (non-hydrogen) atoms. The largest absolute Gasteiger partial charge is 0.500 e. The summed E-state index contributed by atoms with van der Waals surface area (Å²) >= 11 is 0. The predicted molar refractivity (Wildman–Crippen MR) is 191 cm³/mol. The molecule has 4 aromatic rings. The zero-order valence-electron chi connectivity index (χ0n) is 27.7. The average Bonchev–Trinajstić information content (AvgIpc) is 3.10. The van der Waals surface area contributed by atoms with Crippen molar-refractivity contribution < 1.29 is 27.7 Å². The minimum Gasteiger partial charge on any atom is -0.445 e. The number of amides is 1. The molecule has 0 aliphatic heterocycles. The third kappa shape index (κ3) is 10.6. The quantitative estimate of drug-likeness (QED) is 0.0368. The molecule has 4 rings (SSSR count). The molecule has 0 radical (unpaired) electrons.